The third-order valence-corrected chi connectivity index (χ3v) is 4.42. The fourth-order valence-electron chi connectivity index (χ4n) is 2.96. The molecular weight excluding hydrogens is 276 g/mol. The molecule has 0 amide bonds. The van der Waals surface area contributed by atoms with Crippen LogP contribution in [0.1, 0.15) is 36.5 Å². The molecule has 0 aliphatic rings. The molecule has 0 bridgehead atoms. The quantitative estimate of drug-likeness (QED) is 0.501. The minimum absolute atomic E-state index is 0.497. The van der Waals surface area contributed by atoms with Crippen LogP contribution in [-0.4, -0.2) is 0 Å². The van der Waals surface area contributed by atoms with Crippen LogP contribution in [0.25, 0.3) is 22.3 Å². The fourth-order valence-corrected chi connectivity index (χ4v) is 2.96. The van der Waals surface area contributed by atoms with E-state index in [9.17, 15) is 0 Å². The van der Waals surface area contributed by atoms with E-state index in [1.807, 2.05) is 0 Å². The maximum absolute atomic E-state index is 2.35. The first-order valence-electron chi connectivity index (χ1n) is 8.32. The van der Waals surface area contributed by atoms with E-state index >= 15 is 0 Å². The highest BCUT2D eigenvalue weighted by atomic mass is 14.1. The first kappa shape index (κ1) is 15.6. The Labute approximate surface area is 139 Å². The molecule has 0 fully saturated rings. The molecule has 3 rings (SSSR count). The van der Waals surface area contributed by atoms with Crippen LogP contribution in [0.15, 0.2) is 66.7 Å². The molecule has 0 atom stereocenters. The van der Waals surface area contributed by atoms with Crippen molar-refractivity contribution in [3.8, 4) is 22.3 Å². The second-order valence-corrected chi connectivity index (χ2v) is 6.69. The van der Waals surface area contributed by atoms with Crippen LogP contribution < -0.4 is 0 Å². The van der Waals surface area contributed by atoms with Gasteiger partial charge in [0.2, 0.25) is 0 Å². The summed E-state index contributed by atoms with van der Waals surface area (Å²) in [5.41, 5.74) is 9.24. The second-order valence-electron chi connectivity index (χ2n) is 6.69. The Bertz CT molecular complexity index is 790. The van der Waals surface area contributed by atoms with Crippen molar-refractivity contribution in [1.29, 1.82) is 0 Å². The van der Waals surface area contributed by atoms with Gasteiger partial charge in [0.15, 0.2) is 0 Å². The van der Waals surface area contributed by atoms with E-state index in [-0.39, 0.29) is 0 Å². The van der Waals surface area contributed by atoms with Crippen LogP contribution in [-0.2, 0) is 0 Å². The van der Waals surface area contributed by atoms with Gasteiger partial charge in [-0.05, 0) is 47.6 Å². The molecule has 0 aliphatic carbocycles. The van der Waals surface area contributed by atoms with Gasteiger partial charge in [-0.25, -0.2) is 0 Å². The van der Waals surface area contributed by atoms with Gasteiger partial charge in [-0.2, -0.15) is 0 Å². The molecule has 0 spiro atoms. The molecule has 3 aromatic rings. The van der Waals surface area contributed by atoms with Crippen LogP contribution in [0.5, 0.6) is 0 Å². The number of hydrogen-bond donors (Lipinski definition) is 0. The highest BCUT2D eigenvalue weighted by Gasteiger charge is 2.10. The summed E-state index contributed by atoms with van der Waals surface area (Å²) < 4.78 is 0. The predicted molar refractivity (Wildman–Crippen MR) is 101 cm³/mol. The van der Waals surface area contributed by atoms with Gasteiger partial charge >= 0.3 is 0 Å². The lowest BCUT2D eigenvalue weighted by Crippen LogP contribution is -1.94. The number of hydrogen-bond acceptors (Lipinski definition) is 0. The monoisotopic (exact) mass is 300 g/mol. The van der Waals surface area contributed by atoms with Crippen LogP contribution in [0.3, 0.4) is 0 Å². The molecule has 0 saturated heterocycles. The van der Waals surface area contributed by atoms with Crippen molar-refractivity contribution >= 4 is 0 Å². The Kier molecular flexibility index (Phi) is 4.34. The maximum Gasteiger partial charge on any atom is -0.0149 e. The van der Waals surface area contributed by atoms with Crippen LogP contribution in [0.4, 0.5) is 0 Å². The smallest absolute Gasteiger partial charge is 0.0149 e. The second kappa shape index (κ2) is 6.42. The Morgan fingerprint density at radius 3 is 1.57 bits per heavy atom. The Hall–Kier alpha value is -2.34. The minimum atomic E-state index is 0.497. The molecule has 0 N–H and O–H groups in total. The maximum atomic E-state index is 2.35. The van der Waals surface area contributed by atoms with Crippen molar-refractivity contribution in [2.45, 2.75) is 33.6 Å². The van der Waals surface area contributed by atoms with E-state index in [2.05, 4.69) is 94.4 Å². The zero-order chi connectivity index (χ0) is 16.4. The molecule has 0 nitrogen and oxygen atoms in total. The van der Waals surface area contributed by atoms with Gasteiger partial charge in [-0.3, -0.25) is 0 Å². The molecule has 0 unspecified atom stereocenters. The van der Waals surface area contributed by atoms with Gasteiger partial charge in [-0.15, -0.1) is 0 Å². The molecule has 0 radical (unpaired) electrons. The van der Waals surface area contributed by atoms with Crippen LogP contribution >= 0.6 is 0 Å². The zero-order valence-electron chi connectivity index (χ0n) is 14.4. The zero-order valence-corrected chi connectivity index (χ0v) is 14.4. The van der Waals surface area contributed by atoms with Gasteiger partial charge in [0.05, 0.1) is 0 Å². The first-order valence-corrected chi connectivity index (χ1v) is 8.32. The summed E-state index contributed by atoms with van der Waals surface area (Å²) in [6.45, 7) is 8.80. The van der Waals surface area contributed by atoms with Crippen molar-refractivity contribution in [3.05, 3.63) is 83.4 Å². The fraction of sp³-hybridized carbons (Fsp3) is 0.217. The number of benzene rings is 3. The first-order chi connectivity index (χ1) is 11.0. The van der Waals surface area contributed by atoms with Crippen LogP contribution in [0, 0.1) is 13.8 Å². The molecule has 0 heterocycles. The standard InChI is InChI=1S/C23H24/c1-16(2)23-15-21(19-9-5-17(3)6-10-19)13-14-22(23)20-11-7-18(4)8-12-20/h5-16H,1-4H3. The number of rotatable bonds is 3. The largest absolute Gasteiger partial charge is 0.0587 e. The van der Waals surface area contributed by atoms with E-state index < -0.39 is 0 Å². The molecule has 0 aromatic heterocycles. The summed E-state index contributed by atoms with van der Waals surface area (Å²) in [5.74, 6) is 0.497. The van der Waals surface area contributed by atoms with E-state index in [1.54, 1.807) is 0 Å². The number of aryl methyl sites for hydroxylation is 2. The van der Waals surface area contributed by atoms with E-state index in [1.165, 1.54) is 38.9 Å². The topological polar surface area (TPSA) is 0 Å². The lowest BCUT2D eigenvalue weighted by Gasteiger charge is -2.16. The Balaban J connectivity index is 2.08. The van der Waals surface area contributed by atoms with Crippen LogP contribution in [0.2, 0.25) is 0 Å². The lowest BCUT2D eigenvalue weighted by atomic mass is 9.89. The summed E-state index contributed by atoms with van der Waals surface area (Å²) in [4.78, 5) is 0. The average Bonchev–Trinajstić information content (AvgIpc) is 2.56. The van der Waals surface area contributed by atoms with Crippen molar-refractivity contribution in [2.75, 3.05) is 0 Å². The molecule has 0 saturated carbocycles. The van der Waals surface area contributed by atoms with Gasteiger partial charge in [0, 0.05) is 0 Å². The van der Waals surface area contributed by atoms with E-state index in [0.717, 1.165) is 0 Å². The summed E-state index contributed by atoms with van der Waals surface area (Å²) in [6.07, 6.45) is 0. The molecule has 3 aromatic carbocycles. The highest BCUT2D eigenvalue weighted by molar-refractivity contribution is 5.74. The Morgan fingerprint density at radius 1 is 0.565 bits per heavy atom. The summed E-state index contributed by atoms with van der Waals surface area (Å²) in [7, 11) is 0. The van der Waals surface area contributed by atoms with Crippen molar-refractivity contribution in [1.82, 2.24) is 0 Å². The van der Waals surface area contributed by atoms with Crippen molar-refractivity contribution in [3.63, 3.8) is 0 Å². The van der Waals surface area contributed by atoms with Gasteiger partial charge in [0.1, 0.15) is 0 Å². The van der Waals surface area contributed by atoms with Gasteiger partial charge < -0.3 is 0 Å². The van der Waals surface area contributed by atoms with Gasteiger partial charge in [0.25, 0.3) is 0 Å². The lowest BCUT2D eigenvalue weighted by molar-refractivity contribution is 0.869. The van der Waals surface area contributed by atoms with Gasteiger partial charge in [-0.1, -0.05) is 91.7 Å². The summed E-state index contributed by atoms with van der Waals surface area (Å²) >= 11 is 0. The molecule has 0 heteroatoms. The molecular formula is C23H24. The SMILES string of the molecule is Cc1ccc(-c2ccc(-c3ccc(C)cc3)c(C(C)C)c2)cc1. The van der Waals surface area contributed by atoms with E-state index in [0.29, 0.717) is 5.92 Å². The van der Waals surface area contributed by atoms with Crippen molar-refractivity contribution < 1.29 is 0 Å². The normalized spacial score (nSPS) is 11.0. The molecule has 23 heavy (non-hydrogen) atoms. The summed E-state index contributed by atoms with van der Waals surface area (Å²) in [5, 5.41) is 0. The third-order valence-electron chi connectivity index (χ3n) is 4.42. The Morgan fingerprint density at radius 2 is 1.04 bits per heavy atom. The summed E-state index contributed by atoms with van der Waals surface area (Å²) in [6, 6.07) is 24.5. The molecule has 0 aliphatic heterocycles. The highest BCUT2D eigenvalue weighted by Crippen LogP contribution is 2.33. The van der Waals surface area contributed by atoms with E-state index in [4.69, 9.17) is 0 Å². The minimum Gasteiger partial charge on any atom is -0.0587 e. The average molecular weight is 300 g/mol. The predicted octanol–water partition coefficient (Wildman–Crippen LogP) is 6.76. The van der Waals surface area contributed by atoms with Crippen molar-refractivity contribution in [2.24, 2.45) is 0 Å². The third kappa shape index (κ3) is 3.37. The molecule has 116 valence electrons.